The van der Waals surface area contributed by atoms with Crippen LogP contribution in [0.15, 0.2) is 12.1 Å². The van der Waals surface area contributed by atoms with E-state index < -0.39 is 0 Å². The lowest BCUT2D eigenvalue weighted by atomic mass is 10.1. The standard InChI is InChI=1S/C11H14N2O2/c1-2-7-5-8(12)11-9(6-7)13-10(14)3-4-15-11/h5-6H,2-4,12H2,1H3,(H,13,14). The lowest BCUT2D eigenvalue weighted by Gasteiger charge is -2.11. The molecule has 0 aliphatic carbocycles. The molecule has 1 aromatic rings. The van der Waals surface area contributed by atoms with Crippen LogP contribution >= 0.6 is 0 Å². The van der Waals surface area contributed by atoms with Gasteiger partial charge in [0, 0.05) is 0 Å². The summed E-state index contributed by atoms with van der Waals surface area (Å²) in [6, 6.07) is 3.80. The Morgan fingerprint density at radius 2 is 2.33 bits per heavy atom. The van der Waals surface area contributed by atoms with Crippen LogP contribution in [0.4, 0.5) is 11.4 Å². The summed E-state index contributed by atoms with van der Waals surface area (Å²) in [4.78, 5) is 11.3. The highest BCUT2D eigenvalue weighted by molar-refractivity contribution is 5.94. The van der Waals surface area contributed by atoms with Crippen molar-refractivity contribution in [3.8, 4) is 5.75 Å². The van der Waals surface area contributed by atoms with Gasteiger partial charge in [-0.1, -0.05) is 6.92 Å². The first-order chi connectivity index (χ1) is 7.20. The number of benzene rings is 1. The van der Waals surface area contributed by atoms with E-state index in [4.69, 9.17) is 10.5 Å². The lowest BCUT2D eigenvalue weighted by molar-refractivity contribution is -0.116. The Bertz CT molecular complexity index is 402. The number of anilines is 2. The number of ether oxygens (including phenoxy) is 1. The van der Waals surface area contributed by atoms with Gasteiger partial charge in [0.15, 0.2) is 5.75 Å². The number of rotatable bonds is 1. The van der Waals surface area contributed by atoms with Gasteiger partial charge in [-0.05, 0) is 24.1 Å². The first-order valence-electron chi connectivity index (χ1n) is 5.05. The molecule has 0 saturated carbocycles. The van der Waals surface area contributed by atoms with Crippen molar-refractivity contribution in [1.29, 1.82) is 0 Å². The number of nitrogen functional groups attached to an aromatic ring is 1. The van der Waals surface area contributed by atoms with Crippen molar-refractivity contribution in [2.75, 3.05) is 17.7 Å². The fraction of sp³-hybridized carbons (Fsp3) is 0.364. The SMILES string of the molecule is CCc1cc(N)c2c(c1)NC(=O)CCO2. The van der Waals surface area contributed by atoms with E-state index >= 15 is 0 Å². The maximum atomic E-state index is 11.3. The number of amides is 1. The first-order valence-corrected chi connectivity index (χ1v) is 5.05. The van der Waals surface area contributed by atoms with E-state index in [1.807, 2.05) is 19.1 Å². The third kappa shape index (κ3) is 1.88. The Balaban J connectivity index is 2.47. The molecule has 0 unspecified atom stereocenters. The summed E-state index contributed by atoms with van der Waals surface area (Å²) in [7, 11) is 0. The van der Waals surface area contributed by atoms with Crippen LogP contribution in [-0.4, -0.2) is 12.5 Å². The monoisotopic (exact) mass is 206 g/mol. The Hall–Kier alpha value is -1.71. The lowest BCUT2D eigenvalue weighted by Crippen LogP contribution is -2.10. The smallest absolute Gasteiger partial charge is 0.227 e. The highest BCUT2D eigenvalue weighted by Crippen LogP contribution is 2.34. The van der Waals surface area contributed by atoms with Crippen molar-refractivity contribution in [2.24, 2.45) is 0 Å². The van der Waals surface area contributed by atoms with Crippen LogP contribution in [0.2, 0.25) is 0 Å². The van der Waals surface area contributed by atoms with Crippen molar-refractivity contribution in [3.05, 3.63) is 17.7 Å². The van der Waals surface area contributed by atoms with Crippen molar-refractivity contribution in [2.45, 2.75) is 19.8 Å². The molecule has 1 aromatic carbocycles. The zero-order chi connectivity index (χ0) is 10.8. The van der Waals surface area contributed by atoms with Gasteiger partial charge in [-0.3, -0.25) is 4.79 Å². The van der Waals surface area contributed by atoms with Crippen LogP contribution in [0.25, 0.3) is 0 Å². The summed E-state index contributed by atoms with van der Waals surface area (Å²) >= 11 is 0. The van der Waals surface area contributed by atoms with Crippen molar-refractivity contribution < 1.29 is 9.53 Å². The zero-order valence-corrected chi connectivity index (χ0v) is 8.67. The van der Waals surface area contributed by atoms with E-state index in [-0.39, 0.29) is 5.91 Å². The summed E-state index contributed by atoms with van der Waals surface area (Å²) in [6.07, 6.45) is 1.25. The quantitative estimate of drug-likeness (QED) is 0.685. The minimum Gasteiger partial charge on any atom is -0.489 e. The number of aryl methyl sites for hydroxylation is 1. The normalized spacial score (nSPS) is 14.9. The second-order valence-corrected chi connectivity index (χ2v) is 3.56. The predicted octanol–water partition coefficient (Wildman–Crippen LogP) is 1.55. The summed E-state index contributed by atoms with van der Waals surface area (Å²) in [5.74, 6) is 0.569. The van der Waals surface area contributed by atoms with Gasteiger partial charge in [0.2, 0.25) is 5.91 Å². The van der Waals surface area contributed by atoms with Crippen LogP contribution in [0.1, 0.15) is 18.9 Å². The average Bonchev–Trinajstić information content (AvgIpc) is 2.39. The van der Waals surface area contributed by atoms with Gasteiger partial charge >= 0.3 is 0 Å². The molecule has 1 aliphatic rings. The first kappa shape index (κ1) is 9.83. The summed E-state index contributed by atoms with van der Waals surface area (Å²) in [5, 5.41) is 2.79. The van der Waals surface area contributed by atoms with Gasteiger partial charge in [-0.2, -0.15) is 0 Å². The van der Waals surface area contributed by atoms with Gasteiger partial charge in [0.05, 0.1) is 24.4 Å². The average molecular weight is 206 g/mol. The Morgan fingerprint density at radius 1 is 1.53 bits per heavy atom. The topological polar surface area (TPSA) is 64.3 Å². The van der Waals surface area contributed by atoms with Crippen LogP contribution in [0.3, 0.4) is 0 Å². The molecule has 1 aliphatic heterocycles. The van der Waals surface area contributed by atoms with Gasteiger partial charge in [0.25, 0.3) is 0 Å². The largest absolute Gasteiger partial charge is 0.489 e. The number of carbonyl (C=O) groups is 1. The van der Waals surface area contributed by atoms with Crippen molar-refractivity contribution in [3.63, 3.8) is 0 Å². The van der Waals surface area contributed by atoms with E-state index in [0.29, 0.717) is 30.2 Å². The highest BCUT2D eigenvalue weighted by Gasteiger charge is 2.16. The number of nitrogens with two attached hydrogens (primary N) is 1. The fourth-order valence-corrected chi connectivity index (χ4v) is 1.63. The molecule has 0 fully saturated rings. The maximum absolute atomic E-state index is 11.3. The molecule has 0 aromatic heterocycles. The maximum Gasteiger partial charge on any atom is 0.227 e. The molecule has 15 heavy (non-hydrogen) atoms. The minimum absolute atomic E-state index is 0.0265. The molecule has 2 rings (SSSR count). The summed E-state index contributed by atoms with van der Waals surface area (Å²) in [6.45, 7) is 2.43. The number of hydrogen-bond donors (Lipinski definition) is 2. The molecule has 0 bridgehead atoms. The van der Waals surface area contributed by atoms with Crippen molar-refractivity contribution in [1.82, 2.24) is 0 Å². The predicted molar refractivity (Wildman–Crippen MR) is 59.0 cm³/mol. The van der Waals surface area contributed by atoms with Crippen LogP contribution < -0.4 is 15.8 Å². The highest BCUT2D eigenvalue weighted by atomic mass is 16.5. The summed E-state index contributed by atoms with van der Waals surface area (Å²) in [5.41, 5.74) is 8.23. The molecular weight excluding hydrogens is 192 g/mol. The van der Waals surface area contributed by atoms with Crippen LogP contribution in [0.5, 0.6) is 5.75 Å². The molecule has 1 heterocycles. The van der Waals surface area contributed by atoms with E-state index in [1.165, 1.54) is 0 Å². The second-order valence-electron chi connectivity index (χ2n) is 3.56. The molecule has 80 valence electrons. The fourth-order valence-electron chi connectivity index (χ4n) is 1.63. The zero-order valence-electron chi connectivity index (χ0n) is 8.67. The van der Waals surface area contributed by atoms with Crippen LogP contribution in [0, 0.1) is 0 Å². The molecule has 0 atom stereocenters. The third-order valence-electron chi connectivity index (χ3n) is 2.44. The number of carbonyl (C=O) groups excluding carboxylic acids is 1. The van der Waals surface area contributed by atoms with E-state index in [0.717, 1.165) is 12.0 Å². The molecule has 1 amide bonds. The minimum atomic E-state index is -0.0265. The van der Waals surface area contributed by atoms with E-state index in [2.05, 4.69) is 5.32 Å². The van der Waals surface area contributed by atoms with Gasteiger partial charge in [0.1, 0.15) is 0 Å². The number of hydrogen-bond acceptors (Lipinski definition) is 3. The molecule has 0 radical (unpaired) electrons. The Morgan fingerprint density at radius 3 is 3.07 bits per heavy atom. The molecule has 0 saturated heterocycles. The molecular formula is C11H14N2O2. The van der Waals surface area contributed by atoms with Gasteiger partial charge < -0.3 is 15.8 Å². The van der Waals surface area contributed by atoms with Crippen molar-refractivity contribution >= 4 is 17.3 Å². The molecule has 4 nitrogen and oxygen atoms in total. The van der Waals surface area contributed by atoms with Crippen LogP contribution in [-0.2, 0) is 11.2 Å². The van der Waals surface area contributed by atoms with E-state index in [1.54, 1.807) is 0 Å². The molecule has 3 N–H and O–H groups in total. The molecule has 0 spiro atoms. The van der Waals surface area contributed by atoms with Gasteiger partial charge in [-0.25, -0.2) is 0 Å². The second kappa shape index (κ2) is 3.81. The summed E-state index contributed by atoms with van der Waals surface area (Å²) < 4.78 is 5.44. The Labute approximate surface area is 88.4 Å². The number of nitrogens with one attached hydrogen (secondary N) is 1. The Kier molecular flexibility index (Phi) is 2.49. The third-order valence-corrected chi connectivity index (χ3v) is 2.44. The number of fused-ring (bicyclic) bond motifs is 1. The molecule has 4 heteroatoms. The van der Waals surface area contributed by atoms with Gasteiger partial charge in [-0.15, -0.1) is 0 Å². The van der Waals surface area contributed by atoms with E-state index in [9.17, 15) is 4.79 Å².